The fourth-order valence-electron chi connectivity index (χ4n) is 1.80. The second kappa shape index (κ2) is 4.50. The third-order valence-corrected chi connectivity index (χ3v) is 4.91. The molecule has 2 aromatic rings. The van der Waals surface area contributed by atoms with Crippen LogP contribution in [0.5, 0.6) is 0 Å². The van der Waals surface area contributed by atoms with Gasteiger partial charge in [-0.15, -0.1) is 0 Å². The molecule has 0 saturated heterocycles. The van der Waals surface area contributed by atoms with E-state index < -0.39 is 0 Å². The molecule has 1 aliphatic heterocycles. The fourth-order valence-corrected chi connectivity index (χ4v) is 4.01. The average Bonchev–Trinajstić information content (AvgIpc) is 2.83. The van der Waals surface area contributed by atoms with Crippen LogP contribution in [0.15, 0.2) is 28.0 Å². The molecular formula is C11H7BrCl2N2S. The molecule has 6 heteroatoms. The van der Waals surface area contributed by atoms with E-state index in [0.29, 0.717) is 10.0 Å². The van der Waals surface area contributed by atoms with Crippen molar-refractivity contribution in [2.75, 3.05) is 5.75 Å². The zero-order chi connectivity index (χ0) is 12.0. The molecule has 0 bridgehead atoms. The Morgan fingerprint density at radius 3 is 2.88 bits per heavy atom. The Balaban J connectivity index is 2.16. The van der Waals surface area contributed by atoms with Gasteiger partial charge in [0, 0.05) is 22.9 Å². The first-order valence-electron chi connectivity index (χ1n) is 5.01. The standard InChI is InChI=1S/C11H7BrCl2N2S/c12-10-9(15-11-16(10)3-4-17-11)7-2-1-6(13)5-8(7)14/h1-2,5H,3-4H2. The molecular weight excluding hydrogens is 343 g/mol. The minimum absolute atomic E-state index is 0.625. The van der Waals surface area contributed by atoms with Crippen LogP contribution < -0.4 is 0 Å². The van der Waals surface area contributed by atoms with Crippen LogP contribution in [-0.4, -0.2) is 15.3 Å². The molecule has 3 rings (SSSR count). The molecule has 0 fully saturated rings. The molecule has 17 heavy (non-hydrogen) atoms. The van der Waals surface area contributed by atoms with Gasteiger partial charge in [0.1, 0.15) is 10.3 Å². The van der Waals surface area contributed by atoms with E-state index in [1.807, 2.05) is 12.1 Å². The number of rotatable bonds is 1. The molecule has 0 N–H and O–H groups in total. The van der Waals surface area contributed by atoms with Gasteiger partial charge in [-0.25, -0.2) is 4.98 Å². The first-order chi connectivity index (χ1) is 8.16. The number of benzene rings is 1. The summed E-state index contributed by atoms with van der Waals surface area (Å²) < 4.78 is 3.15. The highest BCUT2D eigenvalue weighted by Gasteiger charge is 2.22. The van der Waals surface area contributed by atoms with Crippen molar-refractivity contribution in [3.8, 4) is 11.3 Å². The fraction of sp³-hybridized carbons (Fsp3) is 0.182. The van der Waals surface area contributed by atoms with E-state index in [1.54, 1.807) is 17.8 Å². The molecule has 0 saturated carbocycles. The summed E-state index contributed by atoms with van der Waals surface area (Å²) in [4.78, 5) is 4.60. The van der Waals surface area contributed by atoms with E-state index in [2.05, 4.69) is 25.5 Å². The van der Waals surface area contributed by atoms with Gasteiger partial charge in [0.2, 0.25) is 0 Å². The van der Waals surface area contributed by atoms with Gasteiger partial charge in [-0.1, -0.05) is 35.0 Å². The summed E-state index contributed by atoms with van der Waals surface area (Å²) in [6.45, 7) is 0.985. The maximum Gasteiger partial charge on any atom is 0.169 e. The average molecular weight is 350 g/mol. The number of hydrogen-bond acceptors (Lipinski definition) is 2. The first kappa shape index (κ1) is 11.9. The summed E-state index contributed by atoms with van der Waals surface area (Å²) in [5.41, 5.74) is 1.79. The molecule has 0 amide bonds. The van der Waals surface area contributed by atoms with Crippen LogP contribution in [0.25, 0.3) is 11.3 Å². The van der Waals surface area contributed by atoms with Crippen LogP contribution in [0.3, 0.4) is 0 Å². The number of nitrogens with zero attached hydrogens (tertiary/aromatic N) is 2. The quantitative estimate of drug-likeness (QED) is 0.740. The summed E-state index contributed by atoms with van der Waals surface area (Å²) in [5, 5.41) is 2.30. The van der Waals surface area contributed by atoms with Crippen LogP contribution in [0.2, 0.25) is 10.0 Å². The van der Waals surface area contributed by atoms with Gasteiger partial charge in [-0.2, -0.15) is 0 Å². The van der Waals surface area contributed by atoms with Crippen molar-refractivity contribution in [2.45, 2.75) is 11.7 Å². The highest BCUT2D eigenvalue weighted by atomic mass is 79.9. The van der Waals surface area contributed by atoms with Crippen molar-refractivity contribution in [1.29, 1.82) is 0 Å². The lowest BCUT2D eigenvalue weighted by Gasteiger charge is -2.03. The molecule has 0 aliphatic carbocycles. The third kappa shape index (κ3) is 2.01. The lowest BCUT2D eigenvalue weighted by atomic mass is 10.2. The number of aromatic nitrogens is 2. The Bertz CT molecular complexity index is 597. The van der Waals surface area contributed by atoms with Crippen LogP contribution in [-0.2, 0) is 6.54 Å². The van der Waals surface area contributed by atoms with E-state index in [1.165, 1.54) is 0 Å². The minimum atomic E-state index is 0.625. The number of hydrogen-bond donors (Lipinski definition) is 0. The van der Waals surface area contributed by atoms with Crippen LogP contribution in [0.4, 0.5) is 0 Å². The van der Waals surface area contributed by atoms with Crippen molar-refractivity contribution >= 4 is 50.9 Å². The molecule has 2 nitrogen and oxygen atoms in total. The number of fused-ring (bicyclic) bond motifs is 1. The lowest BCUT2D eigenvalue weighted by molar-refractivity contribution is 0.705. The zero-order valence-electron chi connectivity index (χ0n) is 8.58. The Labute approximate surface area is 121 Å². The number of halogens is 3. The second-order valence-corrected chi connectivity index (χ2v) is 6.31. The lowest BCUT2D eigenvalue weighted by Crippen LogP contribution is -1.93. The molecule has 88 valence electrons. The largest absolute Gasteiger partial charge is 0.312 e. The zero-order valence-corrected chi connectivity index (χ0v) is 12.5. The van der Waals surface area contributed by atoms with Crippen LogP contribution in [0, 0.1) is 0 Å². The molecule has 0 radical (unpaired) electrons. The molecule has 0 unspecified atom stereocenters. The summed E-state index contributed by atoms with van der Waals surface area (Å²) in [7, 11) is 0. The van der Waals surface area contributed by atoms with Crippen molar-refractivity contribution in [3.05, 3.63) is 32.8 Å². The van der Waals surface area contributed by atoms with Crippen molar-refractivity contribution < 1.29 is 0 Å². The van der Waals surface area contributed by atoms with Crippen LogP contribution >= 0.6 is 50.9 Å². The molecule has 1 aromatic heterocycles. The van der Waals surface area contributed by atoms with Gasteiger partial charge >= 0.3 is 0 Å². The van der Waals surface area contributed by atoms with Gasteiger partial charge in [-0.3, -0.25) is 0 Å². The van der Waals surface area contributed by atoms with Crippen molar-refractivity contribution in [2.24, 2.45) is 0 Å². The van der Waals surface area contributed by atoms with Gasteiger partial charge in [-0.05, 0) is 34.1 Å². The van der Waals surface area contributed by atoms with E-state index in [-0.39, 0.29) is 0 Å². The number of thioether (sulfide) groups is 1. The maximum absolute atomic E-state index is 6.20. The topological polar surface area (TPSA) is 17.8 Å². The minimum Gasteiger partial charge on any atom is -0.312 e. The van der Waals surface area contributed by atoms with Gasteiger partial charge in [0.05, 0.1) is 5.02 Å². The Hall–Kier alpha value is -0.160. The van der Waals surface area contributed by atoms with E-state index >= 15 is 0 Å². The van der Waals surface area contributed by atoms with Crippen molar-refractivity contribution in [3.63, 3.8) is 0 Å². The molecule has 1 aromatic carbocycles. The summed E-state index contributed by atoms with van der Waals surface area (Å²) in [6, 6.07) is 5.47. The number of imidazole rings is 1. The maximum atomic E-state index is 6.20. The van der Waals surface area contributed by atoms with Crippen LogP contribution in [0.1, 0.15) is 0 Å². The smallest absolute Gasteiger partial charge is 0.169 e. The predicted molar refractivity (Wildman–Crippen MR) is 76.1 cm³/mol. The second-order valence-electron chi connectivity index (χ2n) is 3.66. The van der Waals surface area contributed by atoms with Crippen molar-refractivity contribution in [1.82, 2.24) is 9.55 Å². The first-order valence-corrected chi connectivity index (χ1v) is 7.54. The highest BCUT2D eigenvalue weighted by Crippen LogP contribution is 2.39. The normalized spacial score (nSPS) is 14.1. The van der Waals surface area contributed by atoms with E-state index in [9.17, 15) is 0 Å². The predicted octanol–water partition coefficient (Wildman–Crippen LogP) is 4.73. The Kier molecular flexibility index (Phi) is 3.15. The summed E-state index contributed by atoms with van der Waals surface area (Å²) >= 11 is 17.4. The molecule has 0 spiro atoms. The van der Waals surface area contributed by atoms with E-state index in [0.717, 1.165) is 33.3 Å². The summed E-state index contributed by atoms with van der Waals surface area (Å²) in [5.74, 6) is 1.08. The Morgan fingerprint density at radius 1 is 1.35 bits per heavy atom. The SMILES string of the molecule is Clc1ccc(-c2nc3n(c2Br)CCS3)c(Cl)c1. The van der Waals surface area contributed by atoms with Gasteiger partial charge in [0.15, 0.2) is 5.16 Å². The Morgan fingerprint density at radius 2 is 2.18 bits per heavy atom. The van der Waals surface area contributed by atoms with Gasteiger partial charge in [0.25, 0.3) is 0 Å². The van der Waals surface area contributed by atoms with Gasteiger partial charge < -0.3 is 4.57 Å². The highest BCUT2D eigenvalue weighted by molar-refractivity contribution is 9.10. The third-order valence-electron chi connectivity index (χ3n) is 2.60. The molecule has 0 atom stereocenters. The van der Waals surface area contributed by atoms with E-state index in [4.69, 9.17) is 23.2 Å². The molecule has 1 aliphatic rings. The molecule has 2 heterocycles. The monoisotopic (exact) mass is 348 g/mol. The summed E-state index contributed by atoms with van der Waals surface area (Å²) in [6.07, 6.45) is 0.